The van der Waals surface area contributed by atoms with Crippen molar-refractivity contribution < 1.29 is 23.1 Å². The van der Waals surface area contributed by atoms with Crippen molar-refractivity contribution in [3.8, 4) is 17.0 Å². The summed E-state index contributed by atoms with van der Waals surface area (Å²) in [7, 11) is 3.88. The van der Waals surface area contributed by atoms with Crippen LogP contribution in [0, 0.1) is 0 Å². The van der Waals surface area contributed by atoms with Gasteiger partial charge in [-0.15, -0.1) is 8.78 Å². The van der Waals surface area contributed by atoms with Crippen molar-refractivity contribution in [3.05, 3.63) is 65.4 Å². The van der Waals surface area contributed by atoms with Crippen molar-refractivity contribution in [2.24, 2.45) is 0 Å². The lowest BCUT2D eigenvalue weighted by molar-refractivity contribution is -0.122. The molecule has 1 aromatic heterocycles. The number of anilines is 1. The predicted molar refractivity (Wildman–Crippen MR) is 134 cm³/mol. The van der Waals surface area contributed by atoms with Gasteiger partial charge in [0.2, 0.25) is 5.91 Å². The molecule has 0 aliphatic carbocycles. The Balaban J connectivity index is 1.71. The number of amides is 1. The number of likely N-dealkylation sites (N-methyl/N-ethyl adjacent to an activating group) is 1. The molecule has 0 bridgehead atoms. The maximum Gasteiger partial charge on any atom is 0.487 e. The topological polar surface area (TPSA) is 78.5 Å². The Morgan fingerprint density at radius 3 is 2.47 bits per heavy atom. The van der Waals surface area contributed by atoms with Gasteiger partial charge in [0.1, 0.15) is 5.75 Å². The first-order valence-corrected chi connectivity index (χ1v) is 11.8. The van der Waals surface area contributed by atoms with E-state index in [2.05, 4.69) is 14.9 Å². The number of nitrogens with zero attached hydrogens (tertiary/aromatic N) is 3. The molecule has 0 saturated heterocycles. The number of aromatic amines is 1. The molecule has 0 fully saturated rings. The quantitative estimate of drug-likeness (QED) is 0.325. The zero-order valence-electron chi connectivity index (χ0n) is 20.4. The lowest BCUT2D eigenvalue weighted by Crippen LogP contribution is -2.39. The first-order chi connectivity index (χ1) is 16.9. The Morgan fingerprint density at radius 2 is 1.89 bits per heavy atom. The van der Waals surface area contributed by atoms with E-state index in [1.165, 1.54) is 24.3 Å². The molecule has 4 rings (SSSR count). The lowest BCUT2D eigenvalue weighted by atomic mass is 9.81. The average Bonchev–Trinajstić information content (AvgIpc) is 3.39. The standard InChI is InChI=1S/C26H27ClF2N4O3/c1-25(2)23-19(20-9-10-30-31-20)14-17(15-21(23)33(24(25)35)12-11-32(3)4)22(34)13-16-5-7-18(8-6-16)36-26(27,28)29/h5-10,14-15H,11-13H2,1-4H3,(H,30,31). The van der Waals surface area contributed by atoms with Crippen LogP contribution in [0.4, 0.5) is 14.5 Å². The van der Waals surface area contributed by atoms with Gasteiger partial charge in [0.05, 0.1) is 11.1 Å². The van der Waals surface area contributed by atoms with Crippen LogP contribution in [-0.4, -0.2) is 59.5 Å². The van der Waals surface area contributed by atoms with E-state index in [9.17, 15) is 18.4 Å². The molecule has 0 saturated carbocycles. The number of Topliss-reactive ketones (excluding diaryl/α,β-unsaturated/α-hetero) is 1. The Hall–Kier alpha value is -3.30. The number of ether oxygens (including phenoxy) is 1. The van der Waals surface area contributed by atoms with Gasteiger partial charge in [-0.3, -0.25) is 14.7 Å². The van der Waals surface area contributed by atoms with E-state index in [1.807, 2.05) is 32.8 Å². The smallest absolute Gasteiger partial charge is 0.420 e. The van der Waals surface area contributed by atoms with Crippen molar-refractivity contribution in [2.75, 3.05) is 32.1 Å². The fraction of sp³-hybridized carbons (Fsp3) is 0.346. The van der Waals surface area contributed by atoms with Crippen molar-refractivity contribution >= 4 is 29.0 Å². The highest BCUT2D eigenvalue weighted by atomic mass is 35.5. The highest BCUT2D eigenvalue weighted by Crippen LogP contribution is 2.47. The molecule has 1 amide bonds. The molecule has 7 nitrogen and oxygen atoms in total. The van der Waals surface area contributed by atoms with Crippen molar-refractivity contribution in [1.82, 2.24) is 15.1 Å². The number of carbonyl (C=O) groups excluding carboxylic acids is 2. The fourth-order valence-corrected chi connectivity index (χ4v) is 4.54. The Kier molecular flexibility index (Phi) is 6.90. The third-order valence-corrected chi connectivity index (χ3v) is 6.30. The van der Waals surface area contributed by atoms with Crippen LogP contribution < -0.4 is 9.64 Å². The molecular weight excluding hydrogens is 490 g/mol. The second-order valence-corrected chi connectivity index (χ2v) is 10.0. The van der Waals surface area contributed by atoms with Crippen LogP contribution in [0.3, 0.4) is 0 Å². The number of rotatable bonds is 9. The summed E-state index contributed by atoms with van der Waals surface area (Å²) >= 11 is 4.81. The first kappa shape index (κ1) is 25.8. The number of hydrogen-bond acceptors (Lipinski definition) is 5. The number of hydrogen-bond donors (Lipinski definition) is 1. The molecule has 1 aliphatic heterocycles. The van der Waals surface area contributed by atoms with Gasteiger partial charge in [-0.25, -0.2) is 0 Å². The minimum Gasteiger partial charge on any atom is -0.420 e. The average molecular weight is 517 g/mol. The van der Waals surface area contributed by atoms with Crippen LogP contribution in [0.15, 0.2) is 48.7 Å². The molecular formula is C26H27ClF2N4O3. The number of halogens is 3. The Bertz CT molecular complexity index is 1270. The summed E-state index contributed by atoms with van der Waals surface area (Å²) in [6.45, 7) is 4.92. The van der Waals surface area contributed by atoms with Gasteiger partial charge in [-0.1, -0.05) is 12.1 Å². The van der Waals surface area contributed by atoms with Crippen molar-refractivity contribution in [2.45, 2.75) is 31.3 Å². The SMILES string of the molecule is CN(C)CCN1C(=O)C(C)(C)c2c(-c3ccn[nH]3)cc(C(=O)Cc3ccc(OC(F)(F)Cl)cc3)cc21. The van der Waals surface area contributed by atoms with Gasteiger partial charge in [0.15, 0.2) is 5.78 Å². The summed E-state index contributed by atoms with van der Waals surface area (Å²) < 4.78 is 30.1. The number of fused-ring (bicyclic) bond motifs is 1. The third kappa shape index (κ3) is 5.27. The highest BCUT2D eigenvalue weighted by molar-refractivity contribution is 6.20. The molecule has 1 aliphatic rings. The van der Waals surface area contributed by atoms with E-state index in [4.69, 9.17) is 11.6 Å². The van der Waals surface area contributed by atoms with Crippen LogP contribution >= 0.6 is 11.6 Å². The Morgan fingerprint density at radius 1 is 1.19 bits per heavy atom. The van der Waals surface area contributed by atoms with Gasteiger partial charge < -0.3 is 14.5 Å². The predicted octanol–water partition coefficient (Wildman–Crippen LogP) is 4.86. The summed E-state index contributed by atoms with van der Waals surface area (Å²) in [5.74, 6) is -0.321. The minimum atomic E-state index is -3.81. The number of alkyl halides is 3. The van der Waals surface area contributed by atoms with E-state index in [0.29, 0.717) is 35.6 Å². The molecule has 0 spiro atoms. The molecule has 1 N–H and O–H groups in total. The van der Waals surface area contributed by atoms with Crippen LogP contribution in [0.2, 0.25) is 0 Å². The van der Waals surface area contributed by atoms with Crippen molar-refractivity contribution in [3.63, 3.8) is 0 Å². The number of carbonyl (C=O) groups is 2. The van der Waals surface area contributed by atoms with Gasteiger partial charge >= 0.3 is 5.57 Å². The number of H-pyrrole nitrogens is 1. The molecule has 10 heteroatoms. The summed E-state index contributed by atoms with van der Waals surface area (Å²) in [5.41, 5.74) is -0.544. The second kappa shape index (κ2) is 9.63. The van der Waals surface area contributed by atoms with Gasteiger partial charge in [-0.05, 0) is 63.8 Å². The molecule has 3 aromatic rings. The molecule has 0 radical (unpaired) electrons. The summed E-state index contributed by atoms with van der Waals surface area (Å²) in [6.07, 6.45) is 1.66. The van der Waals surface area contributed by atoms with Crippen LogP contribution in [0.1, 0.15) is 35.3 Å². The van der Waals surface area contributed by atoms with E-state index in [0.717, 1.165) is 11.1 Å². The zero-order valence-corrected chi connectivity index (χ0v) is 21.2. The van der Waals surface area contributed by atoms with Crippen LogP contribution in [0.5, 0.6) is 5.75 Å². The monoisotopic (exact) mass is 516 g/mol. The maximum atomic E-state index is 13.4. The normalized spacial score (nSPS) is 14.9. The highest BCUT2D eigenvalue weighted by Gasteiger charge is 2.46. The number of benzene rings is 2. The van der Waals surface area contributed by atoms with E-state index >= 15 is 0 Å². The molecule has 2 aromatic carbocycles. The summed E-state index contributed by atoms with van der Waals surface area (Å²) in [5, 5.41) is 7.01. The first-order valence-electron chi connectivity index (χ1n) is 11.4. The Labute approximate surface area is 213 Å². The fourth-order valence-electron chi connectivity index (χ4n) is 4.45. The van der Waals surface area contributed by atoms with E-state index < -0.39 is 11.0 Å². The summed E-state index contributed by atoms with van der Waals surface area (Å²) in [6, 6.07) is 11.1. The van der Waals surface area contributed by atoms with Crippen LogP contribution in [0.25, 0.3) is 11.3 Å². The second-order valence-electron chi connectivity index (χ2n) is 9.57. The van der Waals surface area contributed by atoms with E-state index in [1.54, 1.807) is 29.3 Å². The largest absolute Gasteiger partial charge is 0.487 e. The van der Waals surface area contributed by atoms with Crippen molar-refractivity contribution in [1.29, 1.82) is 0 Å². The molecule has 0 unspecified atom stereocenters. The van der Waals surface area contributed by atoms with Gasteiger partial charge in [0.25, 0.3) is 0 Å². The number of aromatic nitrogens is 2. The van der Waals surface area contributed by atoms with Crippen LogP contribution in [-0.2, 0) is 16.6 Å². The maximum absolute atomic E-state index is 13.4. The third-order valence-electron chi connectivity index (χ3n) is 6.22. The van der Waals surface area contributed by atoms with E-state index in [-0.39, 0.29) is 23.9 Å². The molecule has 190 valence electrons. The molecule has 36 heavy (non-hydrogen) atoms. The van der Waals surface area contributed by atoms with Gasteiger partial charge in [-0.2, -0.15) is 5.10 Å². The number of nitrogens with one attached hydrogen (secondary N) is 1. The lowest BCUT2D eigenvalue weighted by Gasteiger charge is -2.22. The summed E-state index contributed by atoms with van der Waals surface area (Å²) in [4.78, 5) is 30.5. The van der Waals surface area contributed by atoms with Gasteiger partial charge in [0, 0.05) is 59.7 Å². The molecule has 0 atom stereocenters. The zero-order chi connectivity index (χ0) is 26.3. The number of ketones is 1. The minimum absolute atomic E-state index is 0.0311. The molecule has 2 heterocycles.